The lowest BCUT2D eigenvalue weighted by Gasteiger charge is -2.34. The molecule has 1 aliphatic rings. The van der Waals surface area contributed by atoms with Crippen molar-refractivity contribution in [1.82, 2.24) is 15.1 Å². The highest BCUT2D eigenvalue weighted by Crippen LogP contribution is 2.23. The third-order valence-corrected chi connectivity index (χ3v) is 4.77. The Morgan fingerprint density at radius 2 is 1.95 bits per heavy atom. The van der Waals surface area contributed by atoms with E-state index < -0.39 is 0 Å². The lowest BCUT2D eigenvalue weighted by atomic mass is 10.2. The van der Waals surface area contributed by atoms with E-state index in [0.29, 0.717) is 12.3 Å². The van der Waals surface area contributed by atoms with Crippen molar-refractivity contribution in [3.8, 4) is 0 Å². The van der Waals surface area contributed by atoms with E-state index in [2.05, 4.69) is 16.3 Å². The van der Waals surface area contributed by atoms with Gasteiger partial charge >= 0.3 is 0 Å². The third kappa shape index (κ3) is 7.02. The summed E-state index contributed by atoms with van der Waals surface area (Å²) in [5, 5.41) is 3.07. The maximum Gasteiger partial charge on any atom is 0.222 e. The average molecular weight is 389 g/mol. The Morgan fingerprint density at radius 3 is 2.50 bits per heavy atom. The topological polar surface area (TPSA) is 35.6 Å². The number of nitrogens with zero attached hydrogens (tertiary/aromatic N) is 2. The molecule has 1 fully saturated rings. The number of halogens is 3. The summed E-state index contributed by atoms with van der Waals surface area (Å²) in [6.45, 7) is 5.44. The predicted molar refractivity (Wildman–Crippen MR) is 98.8 cm³/mol. The van der Waals surface area contributed by atoms with Gasteiger partial charge in [0.2, 0.25) is 5.91 Å². The molecule has 22 heavy (non-hydrogen) atoms. The Labute approximate surface area is 154 Å². The van der Waals surface area contributed by atoms with E-state index in [-0.39, 0.29) is 24.8 Å². The molecule has 8 heteroatoms. The molecule has 0 atom stereocenters. The van der Waals surface area contributed by atoms with Crippen molar-refractivity contribution in [1.29, 1.82) is 0 Å². The second kappa shape index (κ2) is 11.5. The molecule has 1 aliphatic heterocycles. The van der Waals surface area contributed by atoms with E-state index >= 15 is 0 Å². The minimum Gasteiger partial charge on any atom is -0.340 e. The molecule has 0 aliphatic carbocycles. The van der Waals surface area contributed by atoms with Crippen LogP contribution in [0, 0.1) is 0 Å². The lowest BCUT2D eigenvalue weighted by molar-refractivity contribution is -0.133. The van der Waals surface area contributed by atoms with E-state index in [0.717, 1.165) is 50.0 Å². The molecule has 1 N–H and O–H groups in total. The highest BCUT2D eigenvalue weighted by atomic mass is 35.5. The maximum atomic E-state index is 12.0. The molecule has 4 nitrogen and oxygen atoms in total. The maximum absolute atomic E-state index is 12.0. The van der Waals surface area contributed by atoms with Crippen molar-refractivity contribution in [2.45, 2.75) is 19.4 Å². The quantitative estimate of drug-likeness (QED) is 0.761. The third-order valence-electron chi connectivity index (χ3n) is 3.55. The summed E-state index contributed by atoms with van der Waals surface area (Å²) in [6.07, 6.45) is 1.57. The van der Waals surface area contributed by atoms with Crippen LogP contribution in [0.4, 0.5) is 0 Å². The minimum absolute atomic E-state index is 0. The molecule has 0 bridgehead atoms. The molecule has 1 saturated heterocycles. The zero-order valence-corrected chi connectivity index (χ0v) is 15.9. The normalized spacial score (nSPS) is 15.1. The van der Waals surface area contributed by atoms with E-state index in [1.165, 1.54) is 4.88 Å². The minimum atomic E-state index is 0. The molecule has 128 valence electrons. The van der Waals surface area contributed by atoms with Crippen LogP contribution in [0.5, 0.6) is 0 Å². The van der Waals surface area contributed by atoms with Crippen LogP contribution in [0.2, 0.25) is 4.34 Å². The molecular weight excluding hydrogens is 365 g/mol. The van der Waals surface area contributed by atoms with Crippen molar-refractivity contribution in [3.05, 3.63) is 21.3 Å². The molecule has 0 unspecified atom stereocenters. The summed E-state index contributed by atoms with van der Waals surface area (Å²) in [6, 6.07) is 4.03. The number of hydrogen-bond acceptors (Lipinski definition) is 4. The summed E-state index contributed by atoms with van der Waals surface area (Å²) in [7, 11) is 1.92. The Balaban J connectivity index is 0.00000220. The van der Waals surface area contributed by atoms with Crippen LogP contribution >= 0.6 is 47.8 Å². The summed E-state index contributed by atoms with van der Waals surface area (Å²) in [5.74, 6) is 0.291. The largest absolute Gasteiger partial charge is 0.340 e. The first kappa shape index (κ1) is 22.0. The Bertz CT molecular complexity index is 437. The lowest BCUT2D eigenvalue weighted by Crippen LogP contribution is -2.48. The zero-order valence-electron chi connectivity index (χ0n) is 12.7. The van der Waals surface area contributed by atoms with Gasteiger partial charge in [0, 0.05) is 44.0 Å². The Kier molecular flexibility index (Phi) is 11.5. The fraction of sp³-hybridized carbons (Fsp3) is 0.643. The second-order valence-electron chi connectivity index (χ2n) is 5.07. The molecule has 1 aromatic rings. The fourth-order valence-electron chi connectivity index (χ4n) is 2.39. The molecule has 1 amide bonds. The van der Waals surface area contributed by atoms with Crippen LogP contribution in [0.1, 0.15) is 17.7 Å². The monoisotopic (exact) mass is 387 g/mol. The van der Waals surface area contributed by atoms with Gasteiger partial charge in [0.1, 0.15) is 0 Å². The van der Waals surface area contributed by atoms with Crippen LogP contribution in [-0.2, 0) is 11.3 Å². The van der Waals surface area contributed by atoms with E-state index in [4.69, 9.17) is 11.6 Å². The van der Waals surface area contributed by atoms with Crippen LogP contribution in [-0.4, -0.2) is 55.5 Å². The molecule has 2 rings (SSSR count). The van der Waals surface area contributed by atoms with Gasteiger partial charge in [-0.15, -0.1) is 36.2 Å². The predicted octanol–water partition coefficient (Wildman–Crippen LogP) is 2.89. The molecule has 1 aromatic heterocycles. The van der Waals surface area contributed by atoms with Gasteiger partial charge in [-0.3, -0.25) is 9.69 Å². The van der Waals surface area contributed by atoms with Gasteiger partial charge in [0.25, 0.3) is 0 Å². The number of carbonyl (C=O) groups is 1. The number of rotatable bonds is 6. The van der Waals surface area contributed by atoms with Crippen molar-refractivity contribution < 1.29 is 4.79 Å². The van der Waals surface area contributed by atoms with Gasteiger partial charge in [-0.2, -0.15) is 0 Å². The summed E-state index contributed by atoms with van der Waals surface area (Å²) in [4.78, 5) is 17.7. The summed E-state index contributed by atoms with van der Waals surface area (Å²) in [5.41, 5.74) is 0. The van der Waals surface area contributed by atoms with Crippen molar-refractivity contribution in [2.75, 3.05) is 39.8 Å². The molecule has 2 heterocycles. The van der Waals surface area contributed by atoms with Gasteiger partial charge in [0.05, 0.1) is 4.34 Å². The first-order valence-corrected chi connectivity index (χ1v) is 8.27. The summed E-state index contributed by atoms with van der Waals surface area (Å²) >= 11 is 7.58. The molecule has 0 radical (unpaired) electrons. The molecule has 0 saturated carbocycles. The van der Waals surface area contributed by atoms with E-state index in [1.54, 1.807) is 11.3 Å². The van der Waals surface area contributed by atoms with Gasteiger partial charge in [0.15, 0.2) is 0 Å². The smallest absolute Gasteiger partial charge is 0.222 e. The van der Waals surface area contributed by atoms with E-state index in [1.807, 2.05) is 18.0 Å². The van der Waals surface area contributed by atoms with Gasteiger partial charge < -0.3 is 10.2 Å². The number of carbonyl (C=O) groups excluding carboxylic acids is 1. The van der Waals surface area contributed by atoms with Crippen LogP contribution in [0.3, 0.4) is 0 Å². The molecule has 0 spiro atoms. The first-order chi connectivity index (χ1) is 9.69. The zero-order chi connectivity index (χ0) is 14.4. The van der Waals surface area contributed by atoms with Crippen molar-refractivity contribution in [2.24, 2.45) is 0 Å². The highest BCUT2D eigenvalue weighted by molar-refractivity contribution is 7.16. The number of amides is 1. The van der Waals surface area contributed by atoms with Crippen LogP contribution < -0.4 is 5.32 Å². The fourth-order valence-corrected chi connectivity index (χ4v) is 3.52. The molecular formula is C14H24Cl3N3OS. The van der Waals surface area contributed by atoms with Gasteiger partial charge in [-0.05, 0) is 32.1 Å². The van der Waals surface area contributed by atoms with E-state index in [9.17, 15) is 4.79 Å². The number of piperazine rings is 1. The second-order valence-corrected chi connectivity index (χ2v) is 6.87. The Morgan fingerprint density at radius 1 is 1.27 bits per heavy atom. The first-order valence-electron chi connectivity index (χ1n) is 7.08. The van der Waals surface area contributed by atoms with Crippen LogP contribution in [0.15, 0.2) is 12.1 Å². The van der Waals surface area contributed by atoms with Gasteiger partial charge in [-0.25, -0.2) is 0 Å². The SMILES string of the molecule is CNCCCC(=O)N1CCN(Cc2ccc(Cl)s2)CC1.Cl.Cl. The number of thiophene rings is 1. The van der Waals surface area contributed by atoms with Crippen LogP contribution in [0.25, 0.3) is 0 Å². The van der Waals surface area contributed by atoms with Gasteiger partial charge in [-0.1, -0.05) is 11.6 Å². The molecule has 0 aromatic carbocycles. The average Bonchev–Trinajstić information content (AvgIpc) is 2.85. The number of hydrogen-bond donors (Lipinski definition) is 1. The van der Waals surface area contributed by atoms with Crippen molar-refractivity contribution in [3.63, 3.8) is 0 Å². The van der Waals surface area contributed by atoms with Crippen molar-refractivity contribution >= 4 is 53.7 Å². The summed E-state index contributed by atoms with van der Waals surface area (Å²) < 4.78 is 0.846. The standard InChI is InChI=1S/C14H22ClN3OS.2ClH/c1-16-6-2-3-14(19)18-9-7-17(8-10-18)11-12-4-5-13(15)20-12;;/h4-5,16H,2-3,6-11H2,1H3;2*1H. The number of nitrogens with one attached hydrogen (secondary N) is 1. The Hall–Kier alpha value is -0.0400. The highest BCUT2D eigenvalue weighted by Gasteiger charge is 2.20.